The third-order valence-corrected chi connectivity index (χ3v) is 8.21. The van der Waals surface area contributed by atoms with E-state index in [0.717, 1.165) is 50.8 Å². The summed E-state index contributed by atoms with van der Waals surface area (Å²) in [7, 11) is 3.47. The van der Waals surface area contributed by atoms with E-state index in [9.17, 15) is 14.0 Å². The van der Waals surface area contributed by atoms with Crippen LogP contribution in [-0.4, -0.2) is 80.3 Å². The molecule has 0 saturated carbocycles. The molecular weight excluding hydrogens is 551 g/mol. The number of halogens is 1. The number of aldehydes is 1. The second-order valence-corrected chi connectivity index (χ2v) is 11.4. The van der Waals surface area contributed by atoms with Crippen molar-refractivity contribution in [1.82, 2.24) is 15.2 Å². The van der Waals surface area contributed by atoms with Crippen molar-refractivity contribution < 1.29 is 23.6 Å². The number of nitrogens with one attached hydrogen (secondary N) is 1. The number of nitrogens with two attached hydrogens (primary N) is 1. The molecule has 11 heteroatoms. The van der Waals surface area contributed by atoms with Crippen molar-refractivity contribution in [3.05, 3.63) is 53.5 Å². The Labute approximate surface area is 254 Å². The van der Waals surface area contributed by atoms with Crippen LogP contribution in [0.25, 0.3) is 11.3 Å². The first-order valence-corrected chi connectivity index (χ1v) is 14.6. The molecule has 1 aromatic heterocycles. The number of amides is 1. The average molecular weight is 599 g/mol. The van der Waals surface area contributed by atoms with Crippen LogP contribution in [0.2, 0.25) is 0 Å². The summed E-state index contributed by atoms with van der Waals surface area (Å²) in [6.07, 6.45) is 6.62. The Bertz CT molecular complexity index is 1240. The maximum absolute atomic E-state index is 14.1. The molecule has 0 unspecified atom stereocenters. The Morgan fingerprint density at radius 3 is 2.51 bits per heavy atom. The molecule has 1 aliphatic heterocycles. The van der Waals surface area contributed by atoms with E-state index < -0.39 is 5.82 Å². The quantitative estimate of drug-likeness (QED) is 0.149. The van der Waals surface area contributed by atoms with E-state index in [0.29, 0.717) is 30.1 Å². The minimum absolute atomic E-state index is 0.0445. The lowest BCUT2D eigenvalue weighted by atomic mass is 9.85. The summed E-state index contributed by atoms with van der Waals surface area (Å²) in [6, 6.07) is 8.30. The molecule has 1 atom stereocenters. The van der Waals surface area contributed by atoms with Gasteiger partial charge in [0.05, 0.1) is 22.9 Å². The van der Waals surface area contributed by atoms with Crippen molar-refractivity contribution in [3.63, 3.8) is 0 Å². The van der Waals surface area contributed by atoms with Gasteiger partial charge in [-0.25, -0.2) is 9.38 Å². The molecular formula is C32H47FN6O4. The van der Waals surface area contributed by atoms with Crippen molar-refractivity contribution in [2.45, 2.75) is 71.4 Å². The number of amidine groups is 1. The van der Waals surface area contributed by atoms with Gasteiger partial charge in [-0.1, -0.05) is 32.0 Å². The summed E-state index contributed by atoms with van der Waals surface area (Å²) in [6.45, 7) is 13.7. The number of rotatable bonds is 13. The largest absolute Gasteiger partial charge is 0.378 e. The van der Waals surface area contributed by atoms with E-state index in [2.05, 4.69) is 52.8 Å². The zero-order valence-corrected chi connectivity index (χ0v) is 26.4. The van der Waals surface area contributed by atoms with E-state index >= 15 is 0 Å². The minimum atomic E-state index is -0.541. The predicted octanol–water partition coefficient (Wildman–Crippen LogP) is 4.62. The number of benzene rings is 1. The van der Waals surface area contributed by atoms with Crippen LogP contribution >= 0.6 is 0 Å². The Hall–Kier alpha value is -3.54. The third-order valence-electron chi connectivity index (χ3n) is 8.21. The maximum atomic E-state index is 14.1. The normalized spacial score (nSPS) is 16.0. The number of ether oxygens (including phenoxy) is 1. The molecule has 2 aromatic rings. The minimum Gasteiger partial charge on any atom is -0.378 e. The number of oxime groups is 1. The zero-order chi connectivity index (χ0) is 32.0. The molecule has 0 spiro atoms. The topological polar surface area (TPSA) is 132 Å². The lowest BCUT2D eigenvalue weighted by Gasteiger charge is -2.40. The van der Waals surface area contributed by atoms with Crippen LogP contribution in [0.1, 0.15) is 69.3 Å². The highest BCUT2D eigenvalue weighted by Gasteiger charge is 2.34. The summed E-state index contributed by atoms with van der Waals surface area (Å²) in [5.74, 6) is -0.240. The molecule has 10 nitrogen and oxygen atoms in total. The fourth-order valence-corrected chi connectivity index (χ4v) is 4.43. The van der Waals surface area contributed by atoms with Crippen molar-refractivity contribution in [2.75, 3.05) is 34.0 Å². The zero-order valence-electron chi connectivity index (χ0n) is 26.4. The third kappa shape index (κ3) is 10.6. The van der Waals surface area contributed by atoms with Gasteiger partial charge in [0, 0.05) is 37.4 Å². The number of pyridine rings is 1. The summed E-state index contributed by atoms with van der Waals surface area (Å²) < 4.78 is 20.1. The predicted molar refractivity (Wildman–Crippen MR) is 169 cm³/mol. The van der Waals surface area contributed by atoms with Gasteiger partial charge >= 0.3 is 0 Å². The molecule has 236 valence electrons. The fraction of sp³-hybridized carbons (Fsp3) is 0.531. The van der Waals surface area contributed by atoms with E-state index in [1.165, 1.54) is 12.1 Å². The maximum Gasteiger partial charge on any atom is 0.234 e. The first kappa shape index (κ1) is 35.7. The van der Waals surface area contributed by atoms with E-state index in [1.54, 1.807) is 33.3 Å². The van der Waals surface area contributed by atoms with Crippen molar-refractivity contribution in [1.29, 1.82) is 0 Å². The van der Waals surface area contributed by atoms with Gasteiger partial charge in [0.15, 0.2) is 18.9 Å². The second-order valence-electron chi connectivity index (χ2n) is 11.4. The van der Waals surface area contributed by atoms with Crippen molar-refractivity contribution >= 4 is 24.7 Å². The number of aliphatic imine (C=N–C) groups is 1. The Kier molecular flexibility index (Phi) is 14.0. The first-order valence-electron chi connectivity index (χ1n) is 14.6. The lowest BCUT2D eigenvalue weighted by Crippen LogP contribution is -2.46. The van der Waals surface area contributed by atoms with E-state index in [1.807, 2.05) is 12.1 Å². The molecule has 3 N–H and O–H groups in total. The smallest absolute Gasteiger partial charge is 0.234 e. The molecule has 2 heterocycles. The Balaban J connectivity index is 0.000000821. The number of primary amides is 1. The number of hydrogen-bond acceptors (Lipinski definition) is 8. The highest BCUT2D eigenvalue weighted by molar-refractivity contribution is 5.90. The molecule has 1 aliphatic rings. The second kappa shape index (κ2) is 16.9. The molecule has 3 rings (SSSR count). The van der Waals surface area contributed by atoms with Gasteiger partial charge in [0.2, 0.25) is 5.91 Å². The van der Waals surface area contributed by atoms with Crippen LogP contribution in [-0.2, 0) is 20.8 Å². The average Bonchev–Trinajstić information content (AvgIpc) is 3.02. The SMILES string of the molecule is C=N/C(=N\OCN1CCC(CCc2ccnc(-c3ccc(C=O)c(F)c3)c2)(OC)CC1)C(C)(C)CC.CN[C@@H](C)C(N)=O. The summed E-state index contributed by atoms with van der Waals surface area (Å²) in [5, 5.41) is 6.92. The van der Waals surface area contributed by atoms with Crippen LogP contribution in [0, 0.1) is 11.2 Å². The molecule has 1 amide bonds. The van der Waals surface area contributed by atoms with Gasteiger partial charge in [-0.2, -0.15) is 0 Å². The van der Waals surface area contributed by atoms with Crippen LogP contribution in [0.3, 0.4) is 0 Å². The van der Waals surface area contributed by atoms with E-state index in [4.69, 9.17) is 15.3 Å². The summed E-state index contributed by atoms with van der Waals surface area (Å²) >= 11 is 0. The molecule has 43 heavy (non-hydrogen) atoms. The van der Waals surface area contributed by atoms with Crippen LogP contribution in [0.4, 0.5) is 4.39 Å². The molecule has 0 bridgehead atoms. The Morgan fingerprint density at radius 2 is 2.00 bits per heavy atom. The van der Waals surface area contributed by atoms with Gasteiger partial charge < -0.3 is 20.6 Å². The number of aromatic nitrogens is 1. The summed E-state index contributed by atoms with van der Waals surface area (Å²) in [4.78, 5) is 37.2. The molecule has 0 radical (unpaired) electrons. The lowest BCUT2D eigenvalue weighted by molar-refractivity contribution is -0.119. The highest BCUT2D eigenvalue weighted by Crippen LogP contribution is 2.31. The van der Waals surface area contributed by atoms with Gasteiger partial charge in [-0.15, -0.1) is 0 Å². The number of hydrogen-bond donors (Lipinski definition) is 2. The van der Waals surface area contributed by atoms with Gasteiger partial charge in [0.1, 0.15) is 5.82 Å². The first-order chi connectivity index (χ1) is 20.4. The van der Waals surface area contributed by atoms with Gasteiger partial charge in [0.25, 0.3) is 0 Å². The molecule has 1 fully saturated rings. The number of carbonyl (C=O) groups excluding carboxylic acids is 2. The highest BCUT2D eigenvalue weighted by atomic mass is 19.1. The number of nitrogens with zero attached hydrogens (tertiary/aromatic N) is 4. The van der Waals surface area contributed by atoms with Crippen molar-refractivity contribution in [2.24, 2.45) is 21.3 Å². The number of likely N-dealkylation sites (tertiary alicyclic amines) is 1. The number of aryl methyl sites for hydroxylation is 1. The molecule has 0 aliphatic carbocycles. The Morgan fingerprint density at radius 1 is 1.30 bits per heavy atom. The van der Waals surface area contributed by atoms with Gasteiger partial charge in [-0.3, -0.25) is 19.5 Å². The summed E-state index contributed by atoms with van der Waals surface area (Å²) in [5.41, 5.74) is 6.95. The molecule has 1 saturated heterocycles. The van der Waals surface area contributed by atoms with Crippen LogP contribution in [0.5, 0.6) is 0 Å². The standard InChI is InChI=1S/C28H37FN4O3.C4H10N2O/c1-6-27(2,3)26(30-4)32-36-20-33-15-12-28(35-5,13-16-33)11-9-21-10-14-31-25(17-21)22-7-8-23(19-34)24(29)18-22;1-3(6-2)4(5)7/h7-8,10,14,17-19H,4,6,9,11-13,15-16,20H2,1-3,5H3;3,6H,1-2H3,(H2,5,7)/b32-26-;/t;3-/m.0/s1. The monoisotopic (exact) mass is 598 g/mol. The van der Waals surface area contributed by atoms with Crippen molar-refractivity contribution in [3.8, 4) is 11.3 Å². The fourth-order valence-electron chi connectivity index (χ4n) is 4.43. The molecule has 1 aromatic carbocycles. The number of carbonyl (C=O) groups is 2. The number of piperidine rings is 1. The number of methoxy groups -OCH3 is 1. The van der Waals surface area contributed by atoms with Crippen LogP contribution in [0.15, 0.2) is 46.7 Å². The number of likely N-dealkylation sites (N-methyl/N-ethyl adjacent to an activating group) is 1. The van der Waals surface area contributed by atoms with Gasteiger partial charge in [-0.05, 0) is 82.6 Å². The van der Waals surface area contributed by atoms with E-state index in [-0.39, 0.29) is 28.5 Å². The van der Waals surface area contributed by atoms with Crippen LogP contribution < -0.4 is 11.1 Å².